The highest BCUT2D eigenvalue weighted by atomic mass is 127. The van der Waals surface area contributed by atoms with Crippen molar-refractivity contribution < 1.29 is 4.79 Å². The van der Waals surface area contributed by atoms with Crippen LogP contribution < -0.4 is 5.32 Å². The predicted octanol–water partition coefficient (Wildman–Crippen LogP) is 1.97. The molecule has 1 heterocycles. The molecule has 1 aliphatic rings. The van der Waals surface area contributed by atoms with E-state index in [4.69, 9.17) is 0 Å². The number of nitrogens with one attached hydrogen (secondary N) is 1. The molecule has 3 nitrogen and oxygen atoms in total. The molecule has 0 spiro atoms. The maximum atomic E-state index is 11.9. The van der Waals surface area contributed by atoms with Crippen LogP contribution in [0.1, 0.15) is 16.8 Å². The Morgan fingerprint density at radius 3 is 3.06 bits per heavy atom. The number of hydrogen-bond acceptors (Lipinski definition) is 2. The number of halogens is 1. The Balaban J connectivity index is 1.85. The monoisotopic (exact) mass is 344 g/mol. The molecule has 0 unspecified atom stereocenters. The Kier molecular flexibility index (Phi) is 4.39. The Labute approximate surface area is 116 Å². The largest absolute Gasteiger partial charge is 0.352 e. The minimum atomic E-state index is 0.0399. The molecule has 1 fully saturated rings. The van der Waals surface area contributed by atoms with Gasteiger partial charge in [-0.05, 0) is 66.7 Å². The summed E-state index contributed by atoms with van der Waals surface area (Å²) in [6, 6.07) is 7.68. The molecule has 1 aromatic carbocycles. The highest BCUT2D eigenvalue weighted by Gasteiger charge is 2.19. The first kappa shape index (κ1) is 12.8. The lowest BCUT2D eigenvalue weighted by Crippen LogP contribution is -2.30. The first-order chi connectivity index (χ1) is 8.15. The summed E-state index contributed by atoms with van der Waals surface area (Å²) in [6.45, 7) is 3.02. The van der Waals surface area contributed by atoms with Crippen LogP contribution in [0.3, 0.4) is 0 Å². The van der Waals surface area contributed by atoms with Crippen LogP contribution in [0.2, 0.25) is 0 Å². The number of carbonyl (C=O) groups excluding carboxylic acids is 1. The SMILES string of the molecule is CN1CC[C@@H](CNC(=O)c2cccc(I)c2)C1. The Bertz CT molecular complexity index is 408. The van der Waals surface area contributed by atoms with E-state index >= 15 is 0 Å². The van der Waals surface area contributed by atoms with Crippen molar-refractivity contribution >= 4 is 28.5 Å². The third-order valence-electron chi connectivity index (χ3n) is 3.13. The van der Waals surface area contributed by atoms with E-state index in [0.717, 1.165) is 28.8 Å². The Hall–Kier alpha value is -0.620. The quantitative estimate of drug-likeness (QED) is 0.851. The van der Waals surface area contributed by atoms with Gasteiger partial charge in [0.1, 0.15) is 0 Å². The number of amides is 1. The van der Waals surface area contributed by atoms with Crippen LogP contribution in [0.25, 0.3) is 0 Å². The maximum Gasteiger partial charge on any atom is 0.251 e. The molecule has 0 aromatic heterocycles. The lowest BCUT2D eigenvalue weighted by molar-refractivity contribution is 0.0947. The zero-order valence-electron chi connectivity index (χ0n) is 9.95. The van der Waals surface area contributed by atoms with E-state index in [2.05, 4.69) is 39.9 Å². The predicted molar refractivity (Wildman–Crippen MR) is 77.1 cm³/mol. The van der Waals surface area contributed by atoms with Crippen LogP contribution in [0.5, 0.6) is 0 Å². The van der Waals surface area contributed by atoms with Crippen molar-refractivity contribution in [2.45, 2.75) is 6.42 Å². The van der Waals surface area contributed by atoms with Gasteiger partial charge >= 0.3 is 0 Å². The fourth-order valence-electron chi connectivity index (χ4n) is 2.16. The first-order valence-corrected chi connectivity index (χ1v) is 6.95. The fraction of sp³-hybridized carbons (Fsp3) is 0.462. The summed E-state index contributed by atoms with van der Waals surface area (Å²) in [5.41, 5.74) is 0.753. The molecule has 1 aromatic rings. The zero-order chi connectivity index (χ0) is 12.3. The molecule has 1 aliphatic heterocycles. The average Bonchev–Trinajstić information content (AvgIpc) is 2.72. The molecule has 17 heavy (non-hydrogen) atoms. The second kappa shape index (κ2) is 5.82. The van der Waals surface area contributed by atoms with Gasteiger partial charge in [-0.2, -0.15) is 0 Å². The molecule has 0 bridgehead atoms. The molecular weight excluding hydrogens is 327 g/mol. The highest BCUT2D eigenvalue weighted by Crippen LogP contribution is 2.13. The average molecular weight is 344 g/mol. The highest BCUT2D eigenvalue weighted by molar-refractivity contribution is 14.1. The van der Waals surface area contributed by atoms with E-state index in [9.17, 15) is 4.79 Å². The van der Waals surface area contributed by atoms with Gasteiger partial charge in [-0.3, -0.25) is 4.79 Å². The molecule has 4 heteroatoms. The summed E-state index contributed by atoms with van der Waals surface area (Å²) < 4.78 is 1.09. The van der Waals surface area contributed by atoms with E-state index in [0.29, 0.717) is 5.92 Å². The van der Waals surface area contributed by atoms with Gasteiger partial charge < -0.3 is 10.2 Å². The topological polar surface area (TPSA) is 32.3 Å². The minimum absolute atomic E-state index is 0.0399. The normalized spacial score (nSPS) is 20.5. The van der Waals surface area contributed by atoms with Gasteiger partial charge in [-0.25, -0.2) is 0 Å². The van der Waals surface area contributed by atoms with E-state index in [1.165, 1.54) is 6.42 Å². The van der Waals surface area contributed by atoms with Crippen LogP contribution in [-0.2, 0) is 0 Å². The number of hydrogen-bond donors (Lipinski definition) is 1. The molecule has 1 atom stereocenters. The molecule has 0 radical (unpaired) electrons. The van der Waals surface area contributed by atoms with E-state index < -0.39 is 0 Å². The minimum Gasteiger partial charge on any atom is -0.352 e. The number of likely N-dealkylation sites (tertiary alicyclic amines) is 1. The van der Waals surface area contributed by atoms with Crippen molar-refractivity contribution in [2.75, 3.05) is 26.7 Å². The van der Waals surface area contributed by atoms with Crippen molar-refractivity contribution in [1.29, 1.82) is 0 Å². The lowest BCUT2D eigenvalue weighted by Gasteiger charge is -2.11. The van der Waals surface area contributed by atoms with Gasteiger partial charge in [0.25, 0.3) is 5.91 Å². The second-order valence-corrected chi connectivity index (χ2v) is 5.88. The van der Waals surface area contributed by atoms with E-state index in [1.807, 2.05) is 24.3 Å². The van der Waals surface area contributed by atoms with Gasteiger partial charge in [0, 0.05) is 22.2 Å². The molecule has 92 valence electrons. The van der Waals surface area contributed by atoms with Crippen LogP contribution in [0, 0.1) is 9.49 Å². The van der Waals surface area contributed by atoms with Crippen LogP contribution in [0.15, 0.2) is 24.3 Å². The molecule has 1 saturated heterocycles. The first-order valence-electron chi connectivity index (χ1n) is 5.87. The Morgan fingerprint density at radius 1 is 1.59 bits per heavy atom. The molecule has 1 amide bonds. The number of nitrogens with zero attached hydrogens (tertiary/aromatic N) is 1. The van der Waals surface area contributed by atoms with Crippen molar-refractivity contribution in [3.63, 3.8) is 0 Å². The summed E-state index contributed by atoms with van der Waals surface area (Å²) in [7, 11) is 2.13. The zero-order valence-corrected chi connectivity index (χ0v) is 12.1. The third kappa shape index (κ3) is 3.67. The number of rotatable bonds is 3. The smallest absolute Gasteiger partial charge is 0.251 e. The summed E-state index contributed by atoms with van der Waals surface area (Å²) in [4.78, 5) is 14.2. The van der Waals surface area contributed by atoms with E-state index in [-0.39, 0.29) is 5.91 Å². The van der Waals surface area contributed by atoms with Gasteiger partial charge in [-0.1, -0.05) is 6.07 Å². The summed E-state index contributed by atoms with van der Waals surface area (Å²) >= 11 is 2.22. The van der Waals surface area contributed by atoms with Gasteiger partial charge in [0.05, 0.1) is 0 Å². The summed E-state index contributed by atoms with van der Waals surface area (Å²) in [5, 5.41) is 3.02. The third-order valence-corrected chi connectivity index (χ3v) is 3.80. The van der Waals surface area contributed by atoms with Crippen molar-refractivity contribution in [3.05, 3.63) is 33.4 Å². The number of carbonyl (C=O) groups is 1. The van der Waals surface area contributed by atoms with Crippen molar-refractivity contribution in [3.8, 4) is 0 Å². The molecular formula is C13H17IN2O. The van der Waals surface area contributed by atoms with Crippen molar-refractivity contribution in [1.82, 2.24) is 10.2 Å². The van der Waals surface area contributed by atoms with Gasteiger partial charge in [0.15, 0.2) is 0 Å². The fourth-order valence-corrected chi connectivity index (χ4v) is 2.70. The maximum absolute atomic E-state index is 11.9. The van der Waals surface area contributed by atoms with Gasteiger partial charge in [0.2, 0.25) is 0 Å². The molecule has 0 saturated carbocycles. The van der Waals surface area contributed by atoms with E-state index in [1.54, 1.807) is 0 Å². The summed E-state index contributed by atoms with van der Waals surface area (Å²) in [5.74, 6) is 0.643. The Morgan fingerprint density at radius 2 is 2.41 bits per heavy atom. The second-order valence-electron chi connectivity index (χ2n) is 4.64. The van der Waals surface area contributed by atoms with Gasteiger partial charge in [-0.15, -0.1) is 0 Å². The standard InChI is InChI=1S/C13H17IN2O/c1-16-6-5-10(9-16)8-15-13(17)11-3-2-4-12(14)7-11/h2-4,7,10H,5-6,8-9H2,1H3,(H,15,17)/t10-/m0/s1. The van der Waals surface area contributed by atoms with Crippen LogP contribution >= 0.6 is 22.6 Å². The van der Waals surface area contributed by atoms with Crippen LogP contribution in [0.4, 0.5) is 0 Å². The number of benzene rings is 1. The molecule has 0 aliphatic carbocycles. The summed E-state index contributed by atoms with van der Waals surface area (Å²) in [6.07, 6.45) is 1.18. The molecule has 1 N–H and O–H groups in total. The van der Waals surface area contributed by atoms with Crippen molar-refractivity contribution in [2.24, 2.45) is 5.92 Å². The van der Waals surface area contributed by atoms with Crippen LogP contribution in [-0.4, -0.2) is 37.5 Å². The lowest BCUT2D eigenvalue weighted by atomic mass is 10.1. The molecule has 2 rings (SSSR count).